The van der Waals surface area contributed by atoms with Crippen molar-refractivity contribution < 1.29 is 19.1 Å². The molecule has 0 spiro atoms. The van der Waals surface area contributed by atoms with Crippen LogP contribution in [0.5, 0.6) is 0 Å². The summed E-state index contributed by atoms with van der Waals surface area (Å²) < 4.78 is 10.4. The summed E-state index contributed by atoms with van der Waals surface area (Å²) in [5.74, 6) is 0.398. The lowest BCUT2D eigenvalue weighted by atomic mass is 9.89. The van der Waals surface area contributed by atoms with E-state index in [0.29, 0.717) is 30.6 Å². The van der Waals surface area contributed by atoms with Crippen molar-refractivity contribution in [1.29, 1.82) is 0 Å². The summed E-state index contributed by atoms with van der Waals surface area (Å²) in [4.78, 5) is 32.7. The van der Waals surface area contributed by atoms with Gasteiger partial charge in [0.2, 0.25) is 5.91 Å². The highest BCUT2D eigenvalue weighted by molar-refractivity contribution is 5.86. The summed E-state index contributed by atoms with van der Waals surface area (Å²) in [6.45, 7) is 1.29. The van der Waals surface area contributed by atoms with Crippen LogP contribution in [0.4, 0.5) is 5.82 Å². The van der Waals surface area contributed by atoms with Crippen LogP contribution in [0.25, 0.3) is 6.08 Å². The molecule has 2 N–H and O–H groups in total. The standard InChI is InChI=1S/C25H32N4O4/c1-32-24(30)13-12-21-15-27-23(16-26-21)29-22(18-33-17-20-10-6-3-7-11-20)25(31)28-14-19-8-4-2-5-9-19/h3,6-7,10-13,15-16,19,22H,2,4-5,8-9,14,17-18H2,1H3,(H,27,29)(H,28,31)/b13-12+/t22-/m1/s1. The topological polar surface area (TPSA) is 102 Å². The molecular weight excluding hydrogens is 420 g/mol. The highest BCUT2D eigenvalue weighted by Crippen LogP contribution is 2.22. The van der Waals surface area contributed by atoms with Crippen LogP contribution >= 0.6 is 0 Å². The second kappa shape index (κ2) is 13.3. The molecule has 1 aromatic heterocycles. The van der Waals surface area contributed by atoms with E-state index in [-0.39, 0.29) is 12.5 Å². The Balaban J connectivity index is 1.59. The van der Waals surface area contributed by atoms with Crippen molar-refractivity contribution in [2.75, 3.05) is 25.6 Å². The van der Waals surface area contributed by atoms with Crippen molar-refractivity contribution in [1.82, 2.24) is 15.3 Å². The fraction of sp³-hybridized carbons (Fsp3) is 0.440. The number of hydrogen-bond acceptors (Lipinski definition) is 7. The zero-order valence-corrected chi connectivity index (χ0v) is 19.0. The van der Waals surface area contributed by atoms with Crippen LogP contribution in [0.3, 0.4) is 0 Å². The van der Waals surface area contributed by atoms with E-state index in [1.165, 1.54) is 50.9 Å². The van der Waals surface area contributed by atoms with Crippen molar-refractivity contribution in [2.24, 2.45) is 5.92 Å². The van der Waals surface area contributed by atoms with E-state index in [0.717, 1.165) is 18.4 Å². The molecule has 176 valence electrons. The van der Waals surface area contributed by atoms with Crippen molar-refractivity contribution in [3.63, 3.8) is 0 Å². The van der Waals surface area contributed by atoms with Gasteiger partial charge in [0, 0.05) is 12.6 Å². The molecular formula is C25H32N4O4. The molecule has 0 bridgehead atoms. The summed E-state index contributed by atoms with van der Waals surface area (Å²) >= 11 is 0. The van der Waals surface area contributed by atoms with Gasteiger partial charge in [-0.1, -0.05) is 49.6 Å². The molecule has 8 heteroatoms. The van der Waals surface area contributed by atoms with Crippen LogP contribution in [0.1, 0.15) is 43.4 Å². The minimum absolute atomic E-state index is 0.120. The summed E-state index contributed by atoms with van der Waals surface area (Å²) in [5, 5.41) is 6.21. The smallest absolute Gasteiger partial charge is 0.330 e. The Hall–Kier alpha value is -3.26. The molecule has 1 saturated carbocycles. The number of nitrogens with zero attached hydrogens (tertiary/aromatic N) is 2. The Morgan fingerprint density at radius 2 is 1.91 bits per heavy atom. The molecule has 1 amide bonds. The number of anilines is 1. The number of carbonyl (C=O) groups is 2. The first-order valence-corrected chi connectivity index (χ1v) is 11.4. The fourth-order valence-electron chi connectivity index (χ4n) is 3.71. The van der Waals surface area contributed by atoms with Gasteiger partial charge >= 0.3 is 5.97 Å². The van der Waals surface area contributed by atoms with E-state index in [2.05, 4.69) is 25.3 Å². The Morgan fingerprint density at radius 3 is 2.61 bits per heavy atom. The van der Waals surface area contributed by atoms with Crippen molar-refractivity contribution >= 4 is 23.8 Å². The average Bonchev–Trinajstić information content (AvgIpc) is 2.87. The van der Waals surface area contributed by atoms with Gasteiger partial charge in [-0.2, -0.15) is 0 Å². The van der Waals surface area contributed by atoms with Gasteiger partial charge in [-0.15, -0.1) is 0 Å². The Labute approximate surface area is 194 Å². The van der Waals surface area contributed by atoms with Gasteiger partial charge in [0.05, 0.1) is 38.4 Å². The van der Waals surface area contributed by atoms with Gasteiger partial charge in [0.1, 0.15) is 11.9 Å². The maximum absolute atomic E-state index is 12.9. The quantitative estimate of drug-likeness (QED) is 0.398. The summed E-state index contributed by atoms with van der Waals surface area (Å²) in [6.07, 6.45) is 11.9. The SMILES string of the molecule is COC(=O)/C=C/c1cnc(N[C@H](COCc2ccccc2)C(=O)NCC2CCCCC2)cn1. The second-order valence-corrected chi connectivity index (χ2v) is 8.13. The maximum atomic E-state index is 12.9. The number of aromatic nitrogens is 2. The minimum Gasteiger partial charge on any atom is -0.466 e. The predicted octanol–water partition coefficient (Wildman–Crippen LogP) is 3.36. The van der Waals surface area contributed by atoms with Gasteiger partial charge in [-0.25, -0.2) is 9.78 Å². The lowest BCUT2D eigenvalue weighted by Gasteiger charge is -2.24. The zero-order chi connectivity index (χ0) is 23.3. The van der Waals surface area contributed by atoms with Gasteiger partial charge < -0.3 is 20.1 Å². The van der Waals surface area contributed by atoms with Crippen LogP contribution in [-0.2, 0) is 25.7 Å². The number of methoxy groups -OCH3 is 1. The maximum Gasteiger partial charge on any atom is 0.330 e. The number of rotatable bonds is 11. The monoisotopic (exact) mass is 452 g/mol. The largest absolute Gasteiger partial charge is 0.466 e. The number of benzene rings is 1. The molecule has 2 aromatic rings. The molecule has 1 atom stereocenters. The van der Waals surface area contributed by atoms with Crippen molar-refractivity contribution in [3.8, 4) is 0 Å². The van der Waals surface area contributed by atoms with Crippen LogP contribution in [0.2, 0.25) is 0 Å². The first-order valence-electron chi connectivity index (χ1n) is 11.4. The highest BCUT2D eigenvalue weighted by Gasteiger charge is 2.21. The molecule has 0 radical (unpaired) electrons. The number of carbonyl (C=O) groups excluding carboxylic acids is 2. The third-order valence-electron chi connectivity index (χ3n) is 5.59. The number of ether oxygens (including phenoxy) is 2. The first kappa shape index (κ1) is 24.4. The molecule has 0 aliphatic heterocycles. The number of hydrogen-bond donors (Lipinski definition) is 2. The molecule has 1 aromatic carbocycles. The number of amides is 1. The first-order chi connectivity index (χ1) is 16.1. The molecule has 0 unspecified atom stereocenters. The number of esters is 1. The molecule has 1 aliphatic carbocycles. The van der Waals surface area contributed by atoms with Gasteiger partial charge in [-0.05, 0) is 30.4 Å². The van der Waals surface area contributed by atoms with E-state index < -0.39 is 12.0 Å². The van der Waals surface area contributed by atoms with E-state index in [9.17, 15) is 9.59 Å². The second-order valence-electron chi connectivity index (χ2n) is 8.13. The highest BCUT2D eigenvalue weighted by atomic mass is 16.5. The predicted molar refractivity (Wildman–Crippen MR) is 126 cm³/mol. The van der Waals surface area contributed by atoms with E-state index in [1.54, 1.807) is 0 Å². The summed E-state index contributed by atoms with van der Waals surface area (Å²) in [7, 11) is 1.31. The Bertz CT molecular complexity index is 896. The zero-order valence-electron chi connectivity index (χ0n) is 19.0. The Kier molecular flexibility index (Phi) is 9.85. The molecule has 1 aliphatic rings. The van der Waals surface area contributed by atoms with E-state index >= 15 is 0 Å². The van der Waals surface area contributed by atoms with E-state index in [4.69, 9.17) is 4.74 Å². The molecule has 1 heterocycles. The lowest BCUT2D eigenvalue weighted by Crippen LogP contribution is -2.44. The summed E-state index contributed by atoms with van der Waals surface area (Å²) in [5.41, 5.74) is 1.55. The van der Waals surface area contributed by atoms with Gasteiger partial charge in [0.25, 0.3) is 0 Å². The molecule has 33 heavy (non-hydrogen) atoms. The molecule has 8 nitrogen and oxygen atoms in total. The third-order valence-corrected chi connectivity index (χ3v) is 5.59. The van der Waals surface area contributed by atoms with Gasteiger partial charge in [0.15, 0.2) is 0 Å². The molecule has 3 rings (SSSR count). The lowest BCUT2D eigenvalue weighted by molar-refractivity contribution is -0.134. The Morgan fingerprint density at radius 1 is 1.12 bits per heavy atom. The fourth-order valence-corrected chi connectivity index (χ4v) is 3.71. The van der Waals surface area contributed by atoms with Crippen LogP contribution in [0.15, 0.2) is 48.8 Å². The van der Waals surface area contributed by atoms with Crippen LogP contribution in [-0.4, -0.2) is 48.1 Å². The van der Waals surface area contributed by atoms with Gasteiger partial charge in [-0.3, -0.25) is 9.78 Å². The molecule has 0 saturated heterocycles. The normalized spacial score (nSPS) is 15.2. The van der Waals surface area contributed by atoms with Crippen molar-refractivity contribution in [3.05, 3.63) is 60.1 Å². The summed E-state index contributed by atoms with van der Waals surface area (Å²) in [6, 6.07) is 9.22. The van der Waals surface area contributed by atoms with Crippen molar-refractivity contribution in [2.45, 2.75) is 44.8 Å². The van der Waals surface area contributed by atoms with E-state index in [1.807, 2.05) is 30.3 Å². The third kappa shape index (κ3) is 8.65. The van der Waals surface area contributed by atoms with Crippen LogP contribution in [0, 0.1) is 5.92 Å². The van der Waals surface area contributed by atoms with Crippen LogP contribution < -0.4 is 10.6 Å². The average molecular weight is 453 g/mol. The molecule has 1 fully saturated rings. The minimum atomic E-state index is -0.608. The number of nitrogens with one attached hydrogen (secondary N) is 2.